The fourth-order valence-corrected chi connectivity index (χ4v) is 14.8. The number of benzene rings is 15. The molecule has 0 unspecified atom stereocenters. The number of rotatable bonds is 12. The van der Waals surface area contributed by atoms with Crippen LogP contribution in [0, 0.1) is 22.7 Å². The Morgan fingerprint density at radius 1 is 0.213 bits per heavy atom. The maximum atomic E-state index is 10.1. The predicted molar refractivity (Wildman–Crippen MR) is 442 cm³/mol. The van der Waals surface area contributed by atoms with Gasteiger partial charge in [-0.2, -0.15) is 10.5 Å². The van der Waals surface area contributed by atoms with Gasteiger partial charge in [0.15, 0.2) is 11.6 Å². The Morgan fingerprint density at radius 3 is 1.02 bits per heavy atom. The molecule has 0 spiro atoms. The number of hydrogen-bond acceptors (Lipinski definition) is 8. The van der Waals surface area contributed by atoms with Gasteiger partial charge in [-0.15, -0.1) is 0 Å². The van der Waals surface area contributed by atoms with Gasteiger partial charge in [0.25, 0.3) is 0 Å². The first-order chi connectivity index (χ1) is 53.4. The van der Waals surface area contributed by atoms with E-state index in [9.17, 15) is 10.5 Å². The van der Waals surface area contributed by atoms with E-state index >= 15 is 0 Å². The molecule has 0 amide bonds. The maximum absolute atomic E-state index is 10.1. The van der Waals surface area contributed by atoms with Crippen molar-refractivity contribution in [2.24, 2.45) is 0 Å². The van der Waals surface area contributed by atoms with Gasteiger partial charge in [0.2, 0.25) is 0 Å². The third kappa shape index (κ3) is 12.8. The van der Waals surface area contributed by atoms with E-state index in [1.54, 1.807) is 6.20 Å². The lowest BCUT2D eigenvalue weighted by Crippen LogP contribution is -1.95. The number of nitriles is 2. The van der Waals surface area contributed by atoms with Gasteiger partial charge in [-0.05, 0) is 161 Å². The van der Waals surface area contributed by atoms with Crippen LogP contribution >= 0.6 is 0 Å². The quantitative estimate of drug-likeness (QED) is 0.118. The Bertz CT molecular complexity index is 6710. The van der Waals surface area contributed by atoms with Crippen molar-refractivity contribution >= 4 is 54.3 Å². The van der Waals surface area contributed by atoms with Crippen LogP contribution in [0.25, 0.3) is 189 Å². The van der Waals surface area contributed by atoms with E-state index in [0.717, 1.165) is 177 Å². The molecule has 502 valence electrons. The Kier molecular flexibility index (Phi) is 17.3. The Morgan fingerprint density at radius 2 is 0.574 bits per heavy atom. The van der Waals surface area contributed by atoms with Crippen molar-refractivity contribution in [3.8, 4) is 147 Å². The highest BCUT2D eigenvalue weighted by molar-refractivity contribution is 6.07. The molecule has 19 aromatic rings. The molecule has 0 N–H and O–H groups in total. The zero-order valence-corrected chi connectivity index (χ0v) is 58.4. The fourth-order valence-electron chi connectivity index (χ4n) is 14.8. The summed E-state index contributed by atoms with van der Waals surface area (Å²) >= 11 is 0. The van der Waals surface area contributed by atoms with E-state index in [4.69, 9.17) is 19.9 Å². The molecular weight excluding hydrogens is 1310 g/mol. The van der Waals surface area contributed by atoms with Crippen LogP contribution in [-0.4, -0.2) is 29.9 Å². The van der Waals surface area contributed by atoms with Gasteiger partial charge in [-0.1, -0.05) is 297 Å². The van der Waals surface area contributed by atoms with Crippen LogP contribution in [0.1, 0.15) is 11.1 Å². The van der Waals surface area contributed by atoms with Crippen molar-refractivity contribution < 1.29 is 0 Å². The minimum Gasteiger partial charge on any atom is -0.256 e. The van der Waals surface area contributed by atoms with Crippen LogP contribution in [0.5, 0.6) is 0 Å². The Hall–Kier alpha value is -15.0. The molecular formula is C100H62N8. The van der Waals surface area contributed by atoms with Crippen molar-refractivity contribution in [2.45, 2.75) is 0 Å². The second-order valence-corrected chi connectivity index (χ2v) is 26.7. The van der Waals surface area contributed by atoms with E-state index in [1.165, 1.54) is 0 Å². The monoisotopic (exact) mass is 1370 g/mol. The fraction of sp³-hybridized carbons (Fsp3) is 0. The van der Waals surface area contributed by atoms with Gasteiger partial charge in [0.1, 0.15) is 0 Å². The van der Waals surface area contributed by atoms with Gasteiger partial charge < -0.3 is 0 Å². The molecule has 0 aliphatic carbocycles. The summed E-state index contributed by atoms with van der Waals surface area (Å²) in [5, 5.41) is 27.9. The van der Waals surface area contributed by atoms with Gasteiger partial charge >= 0.3 is 0 Å². The molecule has 4 aromatic heterocycles. The average molecular weight is 1380 g/mol. The number of aromatic nitrogens is 6. The molecule has 0 bridgehead atoms. The van der Waals surface area contributed by atoms with Crippen LogP contribution in [0.3, 0.4) is 0 Å². The molecule has 0 saturated heterocycles. The summed E-state index contributed by atoms with van der Waals surface area (Å²) < 4.78 is 0. The van der Waals surface area contributed by atoms with Crippen LogP contribution in [-0.2, 0) is 0 Å². The van der Waals surface area contributed by atoms with E-state index < -0.39 is 0 Å². The molecule has 8 heteroatoms. The van der Waals surface area contributed by atoms with Crippen LogP contribution in [0.4, 0.5) is 0 Å². The maximum Gasteiger partial charge on any atom is 0.160 e. The molecule has 108 heavy (non-hydrogen) atoms. The number of nitrogens with zero attached hydrogens (tertiary/aromatic N) is 8. The minimum absolute atomic E-state index is 0.620. The molecule has 0 atom stereocenters. The van der Waals surface area contributed by atoms with Gasteiger partial charge in [0, 0.05) is 61.9 Å². The number of pyridine rings is 2. The smallest absolute Gasteiger partial charge is 0.160 e. The van der Waals surface area contributed by atoms with Gasteiger partial charge in [-0.3, -0.25) is 9.97 Å². The lowest BCUT2D eigenvalue weighted by atomic mass is 9.89. The summed E-state index contributed by atoms with van der Waals surface area (Å²) in [7, 11) is 0. The normalized spacial score (nSPS) is 11.1. The Labute approximate surface area is 624 Å². The zero-order chi connectivity index (χ0) is 72.3. The first kappa shape index (κ1) is 65.1. The molecule has 0 aliphatic rings. The molecule has 0 fully saturated rings. The standard InChI is InChI=1S/C52H32N4.C48H30N4/c53-33-34-30-41(35-19-21-37(22-20-35)45-17-8-12-38-13-9-29-54-50(38)45)32-42(31-34)44-28-27-43(46-14-4-5-15-47(44)46)36-23-25-40(26-24-36)52-55-49-18-7-6-16-48(49)51(56-52)39-10-2-1-3-11-39;49-31-32-28-38(33-17-21-35(22-18-33)45-15-8-9-27-50-45)30-39(29-32)41-26-25-40(42-12-4-5-13-43(41)42)34-19-23-37(24-20-34)48-51-46-16-7-6-14-44(46)47(52-48)36-10-2-1-3-11-36/h1-32H;1-30H. The Balaban J connectivity index is 0.000000153. The second kappa shape index (κ2) is 28.7. The molecule has 8 nitrogen and oxygen atoms in total. The molecule has 4 heterocycles. The van der Waals surface area contributed by atoms with E-state index in [0.29, 0.717) is 22.8 Å². The van der Waals surface area contributed by atoms with Crippen molar-refractivity contribution in [1.29, 1.82) is 10.5 Å². The highest BCUT2D eigenvalue weighted by Crippen LogP contribution is 2.42. The van der Waals surface area contributed by atoms with Gasteiger partial charge in [0.05, 0.1) is 56.9 Å². The van der Waals surface area contributed by atoms with Gasteiger partial charge in [-0.25, -0.2) is 19.9 Å². The summed E-state index contributed by atoms with van der Waals surface area (Å²) in [6, 6.07) is 130. The van der Waals surface area contributed by atoms with Crippen molar-refractivity contribution in [2.75, 3.05) is 0 Å². The summed E-state index contributed by atoms with van der Waals surface area (Å²) in [4.78, 5) is 29.2. The SMILES string of the molecule is N#Cc1cc(-c2ccc(-c3cccc4cccnc34)cc2)cc(-c2ccc(-c3ccc(-c4nc(-c5ccccc5)c5ccccc5n4)cc3)c3ccccc23)c1.N#Cc1cc(-c2ccc(-c3ccccn3)cc2)cc(-c2ccc(-c3ccc(-c4nc(-c5ccccc5)c5ccccc5n4)cc3)c3ccccc23)c1. The first-order valence-electron chi connectivity index (χ1n) is 35.9. The number of para-hydroxylation sites is 3. The van der Waals surface area contributed by atoms with Crippen molar-refractivity contribution in [1.82, 2.24) is 29.9 Å². The molecule has 0 aliphatic heterocycles. The zero-order valence-electron chi connectivity index (χ0n) is 58.4. The first-order valence-corrected chi connectivity index (χ1v) is 35.9. The van der Waals surface area contributed by atoms with E-state index in [2.05, 4.69) is 265 Å². The largest absolute Gasteiger partial charge is 0.256 e. The average Bonchev–Trinajstić information content (AvgIpc) is 0.741. The second-order valence-electron chi connectivity index (χ2n) is 26.7. The van der Waals surface area contributed by atoms with Crippen molar-refractivity contribution in [3.05, 3.63) is 388 Å². The third-order valence-electron chi connectivity index (χ3n) is 20.1. The summed E-state index contributed by atoms with van der Waals surface area (Å²) in [5.74, 6) is 1.39. The lowest BCUT2D eigenvalue weighted by Gasteiger charge is -2.14. The lowest BCUT2D eigenvalue weighted by molar-refractivity contribution is 1.23. The highest BCUT2D eigenvalue weighted by atomic mass is 14.9. The molecule has 19 rings (SSSR count). The summed E-state index contributed by atoms with van der Waals surface area (Å²) in [6.07, 6.45) is 3.64. The molecule has 0 saturated carbocycles. The summed E-state index contributed by atoms with van der Waals surface area (Å²) in [5.41, 5.74) is 26.9. The molecule has 0 radical (unpaired) electrons. The number of hydrogen-bond donors (Lipinski definition) is 0. The van der Waals surface area contributed by atoms with E-state index in [1.807, 2.05) is 128 Å². The third-order valence-corrected chi connectivity index (χ3v) is 20.1. The highest BCUT2D eigenvalue weighted by Gasteiger charge is 2.19. The summed E-state index contributed by atoms with van der Waals surface area (Å²) in [6.45, 7) is 0. The minimum atomic E-state index is 0.620. The van der Waals surface area contributed by atoms with Crippen molar-refractivity contribution in [3.63, 3.8) is 0 Å². The van der Waals surface area contributed by atoms with Crippen LogP contribution in [0.2, 0.25) is 0 Å². The predicted octanol–water partition coefficient (Wildman–Crippen LogP) is 25.3. The van der Waals surface area contributed by atoms with E-state index in [-0.39, 0.29) is 0 Å². The van der Waals surface area contributed by atoms with Crippen LogP contribution in [0.15, 0.2) is 376 Å². The molecule has 15 aromatic carbocycles. The van der Waals surface area contributed by atoms with Crippen LogP contribution < -0.4 is 0 Å². The number of fused-ring (bicyclic) bond motifs is 5. The topological polar surface area (TPSA) is 125 Å².